The van der Waals surface area contributed by atoms with Crippen molar-refractivity contribution in [2.24, 2.45) is 0 Å². The second-order valence-corrected chi connectivity index (χ2v) is 27.9. The summed E-state index contributed by atoms with van der Waals surface area (Å²) in [6, 6.07) is 64.8. The van der Waals surface area contributed by atoms with Crippen LogP contribution in [0.25, 0.3) is 182 Å². The number of carbonyl (C=O) groups is 8. The maximum Gasteiger partial charge on any atom is 4.00 e. The number of carboxylic acids is 8. The molecule has 46 heteroatoms. The predicted molar refractivity (Wildman–Crippen MR) is 467 cm³/mol. The van der Waals surface area contributed by atoms with Crippen molar-refractivity contribution in [2.45, 2.75) is 0 Å². The van der Waals surface area contributed by atoms with Crippen molar-refractivity contribution in [1.29, 1.82) is 0 Å². The number of carboxylic acid groups (broad SMARTS) is 8. The second-order valence-electron chi connectivity index (χ2n) is 27.9. The average Bonchev–Trinajstić information content (AvgIpc) is 1.61. The van der Waals surface area contributed by atoms with Crippen molar-refractivity contribution in [1.82, 2.24) is 39.9 Å². The van der Waals surface area contributed by atoms with E-state index in [9.17, 15) is 79.2 Å². The fourth-order valence-corrected chi connectivity index (χ4v) is 15.0. The SMILES string of the molecule is O=C([O-])c1ccc(-c2c3nc(c(-c4ccc(C(=O)[O-])cc4)c4ccc([nH]4)c(-c4ccc(C(=O)[O-])cc4)c4nc(c(-c5ccc(C(=O)[O-])cc5)c5ccc2[nH]5)C=C4)C=C3)cc1.O=C([O-])c1ccc(-c2c3nc(c(-c4ccc(C(=O)[O-])cc4)c4ccc([nH]4)c(-c4ccc(C(=O)[O-])cc4)c4nc(c(-c5ccc(C(=O)[O-])cc5)c5ccc2[nH]5)C=C4)C=C3)cc1.[OH-].[OH-].[OH-].[OH-].[OH-].[OH-].[OH-].[OH-].[OH-].[OH-].[OH-].[OH-].[OH-].[OH-].[OH-].[OH-].[Zr+4].[Zr+4].[Zr+4].[Zr+4].[Zr+4].[Zr+4]. The number of nitrogens with zero attached hydrogens (tertiary/aromatic N) is 4. The summed E-state index contributed by atoms with van der Waals surface area (Å²) in [5.74, 6) is -10.6. The predicted octanol–water partition coefficient (Wildman–Crippen LogP) is 6.71. The van der Waals surface area contributed by atoms with Gasteiger partial charge in [-0.15, -0.1) is 0 Å². The van der Waals surface area contributed by atoms with Crippen LogP contribution in [0.5, 0.6) is 0 Å². The van der Waals surface area contributed by atoms with E-state index in [0.717, 1.165) is 0 Å². The summed E-state index contributed by atoms with van der Waals surface area (Å²) in [7, 11) is 0. The molecular weight excluding hydrogens is 2320 g/mol. The Kier molecular flexibility index (Phi) is 58.5. The molecule has 18 rings (SSSR count). The third kappa shape index (κ3) is 28.5. The fourth-order valence-electron chi connectivity index (χ4n) is 15.0. The van der Waals surface area contributed by atoms with E-state index < -0.39 is 47.8 Å². The Morgan fingerprint density at radius 1 is 0.148 bits per heavy atom. The first kappa shape index (κ1) is 140. The van der Waals surface area contributed by atoms with Gasteiger partial charge < -0.3 is 187 Å². The third-order valence-corrected chi connectivity index (χ3v) is 20.8. The van der Waals surface area contributed by atoms with Crippen LogP contribution in [0.3, 0.4) is 0 Å². The zero-order valence-corrected chi connectivity index (χ0v) is 86.9. The van der Waals surface area contributed by atoms with E-state index in [4.69, 9.17) is 19.9 Å². The van der Waals surface area contributed by atoms with E-state index >= 15 is 0 Å². The van der Waals surface area contributed by atoms with Crippen LogP contribution < -0.4 is 40.9 Å². The summed E-state index contributed by atoms with van der Waals surface area (Å²) < 4.78 is 0. The molecule has 0 amide bonds. The van der Waals surface area contributed by atoms with Crippen LogP contribution in [0.1, 0.15) is 128 Å². The monoisotopic (exact) mass is 2380 g/mol. The minimum atomic E-state index is -1.32. The van der Waals surface area contributed by atoms with Gasteiger partial charge in [-0.3, -0.25) is 0 Å². The largest absolute Gasteiger partial charge is 4.00 e. The molecule has 14 aromatic rings. The van der Waals surface area contributed by atoms with Gasteiger partial charge in [0.2, 0.25) is 0 Å². The van der Waals surface area contributed by atoms with E-state index in [2.05, 4.69) is 19.9 Å². The molecule has 0 unspecified atom stereocenters. The molecule has 4 aliphatic rings. The van der Waals surface area contributed by atoms with E-state index in [-0.39, 0.29) is 289 Å². The number of carbonyl (C=O) groups excluding carboxylic acids is 8. The Hall–Kier alpha value is -12.6. The number of aromatic nitrogens is 8. The normalized spacial score (nSPS) is 9.92. The van der Waals surface area contributed by atoms with Crippen LogP contribution in [0.2, 0.25) is 0 Å². The van der Waals surface area contributed by atoms with Crippen molar-refractivity contribution in [3.05, 3.63) is 333 Å². The van der Waals surface area contributed by atoms with Gasteiger partial charge in [-0.05, 0) is 186 Å². The molecule has 16 bridgehead atoms. The van der Waals surface area contributed by atoms with Crippen LogP contribution in [-0.4, -0.2) is 175 Å². The molecule has 0 spiro atoms. The molecule has 0 fully saturated rings. The molecule has 10 heterocycles. The van der Waals surface area contributed by atoms with Crippen LogP contribution in [0.15, 0.2) is 243 Å². The molecule has 0 aliphatic carbocycles. The second kappa shape index (κ2) is 59.3. The standard InChI is InChI=1S/2C48H30N4O8.16H2O.6Zr/c2*53-45(54)29-9-1-25(2-10-29)41-33-17-19-35(49-33)42(26-3-11-30(12-4-26)46(55)56)37-21-23-39(51-37)44(28-7-15-32(16-8-28)48(59)60)40-24-22-38(52-40)43(36-20-18-34(41)50-36)27-5-13-31(14-6-27)47(57)58;;;;;;;;;;;;;;;;;;;;;;/h2*1-24,49,52H,(H,53,54)(H,55,56)(H,57,58)(H,59,60);16*1H2;;;;;;/q;;;;;;;;;;;;;;;;;;6*+4/p-24. The molecule has 0 saturated carbocycles. The average molecular weight is 2390 g/mol. The van der Waals surface area contributed by atoms with E-state index in [0.29, 0.717) is 179 Å². The molecule has 0 atom stereocenters. The summed E-state index contributed by atoms with van der Waals surface area (Å²) in [5.41, 5.74) is 19.2. The minimum Gasteiger partial charge on any atom is -0.870 e. The maximum absolute atomic E-state index is 11.7. The van der Waals surface area contributed by atoms with Crippen LogP contribution >= 0.6 is 0 Å². The van der Waals surface area contributed by atoms with Gasteiger partial charge in [0.25, 0.3) is 0 Å². The summed E-state index contributed by atoms with van der Waals surface area (Å²) in [4.78, 5) is 128. The van der Waals surface area contributed by atoms with Gasteiger partial charge in [0.15, 0.2) is 0 Å². The van der Waals surface area contributed by atoms with Crippen molar-refractivity contribution < 1.29 is 324 Å². The van der Waals surface area contributed by atoms with Crippen molar-refractivity contribution in [3.8, 4) is 89.0 Å². The number of rotatable bonds is 16. The van der Waals surface area contributed by atoms with E-state index in [1.165, 1.54) is 97.1 Å². The molecule has 8 aromatic carbocycles. The number of H-pyrrole nitrogens is 4. The maximum atomic E-state index is 11.7. The Labute approximate surface area is 916 Å². The molecule has 0 saturated heterocycles. The Balaban J connectivity index is -0.000000564. The van der Waals surface area contributed by atoms with Gasteiger partial charge in [-0.2, -0.15) is 0 Å². The first-order chi connectivity index (χ1) is 58.0. The van der Waals surface area contributed by atoms with Crippen LogP contribution in [0.4, 0.5) is 0 Å². The van der Waals surface area contributed by atoms with Gasteiger partial charge in [0.1, 0.15) is 0 Å². The third-order valence-electron chi connectivity index (χ3n) is 20.8. The number of aromatic carboxylic acids is 8. The number of aromatic amines is 4. The van der Waals surface area contributed by atoms with Gasteiger partial charge in [-0.1, -0.05) is 194 Å². The first-order valence-electron chi connectivity index (χ1n) is 36.9. The molecular formula is C96H68N8O32Zr6. The zero-order chi connectivity index (χ0) is 83.3. The fraction of sp³-hybridized carbons (Fsp3) is 0. The smallest absolute Gasteiger partial charge is 0.870 e. The van der Waals surface area contributed by atoms with Gasteiger partial charge >= 0.3 is 157 Å². The molecule has 4 aliphatic heterocycles. The Morgan fingerprint density at radius 2 is 0.232 bits per heavy atom. The molecule has 20 N–H and O–H groups in total. The van der Waals surface area contributed by atoms with Gasteiger partial charge in [0.05, 0.1) is 93.3 Å². The number of hydrogen-bond donors (Lipinski definition) is 4. The topological polar surface area (TPSA) is 916 Å². The zero-order valence-electron chi connectivity index (χ0n) is 72.2. The van der Waals surface area contributed by atoms with Gasteiger partial charge in [0, 0.05) is 88.6 Å². The van der Waals surface area contributed by atoms with E-state index in [1.807, 2.05) is 97.1 Å². The molecule has 708 valence electrons. The number of benzene rings is 8. The van der Waals surface area contributed by atoms with Crippen LogP contribution in [0, 0.1) is 0 Å². The first-order valence-corrected chi connectivity index (χ1v) is 36.9. The number of fused-ring (bicyclic) bond motifs is 16. The quantitative estimate of drug-likeness (QED) is 0.0780. The summed E-state index contributed by atoms with van der Waals surface area (Å²) >= 11 is 0. The van der Waals surface area contributed by atoms with Crippen LogP contribution in [-0.2, 0) is 157 Å². The van der Waals surface area contributed by atoms with Crippen molar-refractivity contribution in [3.63, 3.8) is 0 Å². The van der Waals surface area contributed by atoms with Crippen molar-refractivity contribution >= 4 is 140 Å². The summed E-state index contributed by atoms with van der Waals surface area (Å²) in [6.07, 6.45) is 14.7. The minimum absolute atomic E-state index is 0. The molecule has 142 heavy (non-hydrogen) atoms. The number of hydrogen-bond acceptors (Lipinski definition) is 36. The summed E-state index contributed by atoms with van der Waals surface area (Å²) in [6.45, 7) is 0. The van der Waals surface area contributed by atoms with E-state index in [1.54, 1.807) is 97.1 Å². The Morgan fingerprint density at radius 3 is 0.310 bits per heavy atom. The number of nitrogens with one attached hydrogen (secondary N) is 4. The molecule has 0 radical (unpaired) electrons. The van der Waals surface area contributed by atoms with Crippen molar-refractivity contribution in [2.75, 3.05) is 0 Å². The summed E-state index contributed by atoms with van der Waals surface area (Å²) in [5, 5.41) is 93.7. The Bertz CT molecular complexity index is 6020. The van der Waals surface area contributed by atoms with Gasteiger partial charge in [-0.25, -0.2) is 19.9 Å². The molecule has 6 aromatic heterocycles. The molecule has 40 nitrogen and oxygen atoms in total.